The smallest absolute Gasteiger partial charge is 0.355 e. The lowest BCUT2D eigenvalue weighted by Crippen LogP contribution is -2.16. The van der Waals surface area contributed by atoms with Crippen molar-refractivity contribution in [1.82, 2.24) is 4.98 Å². The molecule has 1 N–H and O–H groups in total. The number of hydrogen-bond acceptors (Lipinski definition) is 5. The van der Waals surface area contributed by atoms with Crippen molar-refractivity contribution in [3.8, 4) is 0 Å². The minimum atomic E-state index is -0.553. The van der Waals surface area contributed by atoms with Crippen LogP contribution in [0.4, 0.5) is 0 Å². The summed E-state index contributed by atoms with van der Waals surface area (Å²) in [7, 11) is 0. The zero-order valence-corrected chi connectivity index (χ0v) is 14.8. The van der Waals surface area contributed by atoms with Crippen LogP contribution in [0, 0.1) is 20.8 Å². The summed E-state index contributed by atoms with van der Waals surface area (Å²) in [5.74, 6) is -1.44. The van der Waals surface area contributed by atoms with E-state index in [0.717, 1.165) is 5.56 Å². The second kappa shape index (κ2) is 7.79. The Morgan fingerprint density at radius 2 is 1.68 bits per heavy atom. The van der Waals surface area contributed by atoms with Crippen LogP contribution >= 0.6 is 0 Å². The van der Waals surface area contributed by atoms with Gasteiger partial charge in [0.05, 0.1) is 12.2 Å². The quantitative estimate of drug-likeness (QED) is 0.643. The van der Waals surface area contributed by atoms with Gasteiger partial charge in [-0.3, -0.25) is 4.79 Å². The molecule has 0 unspecified atom stereocenters. The molecule has 0 saturated heterocycles. The van der Waals surface area contributed by atoms with Gasteiger partial charge in [-0.1, -0.05) is 18.2 Å². The number of ether oxygens (including phenoxy) is 2. The predicted molar refractivity (Wildman–Crippen MR) is 92.0 cm³/mol. The minimum Gasteiger partial charge on any atom is -0.461 e. The van der Waals surface area contributed by atoms with E-state index < -0.39 is 18.5 Å². The van der Waals surface area contributed by atoms with Crippen molar-refractivity contribution in [2.45, 2.75) is 27.7 Å². The van der Waals surface area contributed by atoms with Crippen LogP contribution in [0.15, 0.2) is 24.3 Å². The van der Waals surface area contributed by atoms with Gasteiger partial charge >= 0.3 is 11.9 Å². The summed E-state index contributed by atoms with van der Waals surface area (Å²) in [6, 6.07) is 7.00. The first-order valence-corrected chi connectivity index (χ1v) is 7.99. The number of nitrogens with one attached hydrogen (secondary N) is 1. The second-order valence-corrected chi connectivity index (χ2v) is 5.66. The number of Topliss-reactive ketones (excluding diaryl/α,β-unsaturated/α-hetero) is 1. The molecule has 0 aliphatic rings. The van der Waals surface area contributed by atoms with Gasteiger partial charge in [-0.2, -0.15) is 0 Å². The maximum absolute atomic E-state index is 12.5. The summed E-state index contributed by atoms with van der Waals surface area (Å²) in [5, 5.41) is 0. The predicted octanol–water partition coefficient (Wildman–Crippen LogP) is 3.16. The van der Waals surface area contributed by atoms with Crippen molar-refractivity contribution >= 4 is 17.7 Å². The van der Waals surface area contributed by atoms with Crippen molar-refractivity contribution in [3.05, 3.63) is 57.9 Å². The number of benzene rings is 1. The third kappa shape index (κ3) is 3.96. The van der Waals surface area contributed by atoms with Crippen molar-refractivity contribution in [2.24, 2.45) is 0 Å². The zero-order valence-electron chi connectivity index (χ0n) is 14.8. The van der Waals surface area contributed by atoms with Gasteiger partial charge in [0.1, 0.15) is 5.69 Å². The van der Waals surface area contributed by atoms with E-state index in [-0.39, 0.29) is 18.1 Å². The highest BCUT2D eigenvalue weighted by atomic mass is 16.5. The standard InChI is InChI=1S/C19H21NO5/c1-5-24-19(23)17-12(3)16(13(4)20-17)15(21)10-25-18(22)14-9-7-6-8-11(14)2/h6-9,20H,5,10H2,1-4H3. The van der Waals surface area contributed by atoms with Crippen LogP contribution in [0.2, 0.25) is 0 Å². The molecule has 0 fully saturated rings. The van der Waals surface area contributed by atoms with Gasteiger partial charge in [0.15, 0.2) is 6.61 Å². The lowest BCUT2D eigenvalue weighted by molar-refractivity contribution is 0.0472. The lowest BCUT2D eigenvalue weighted by atomic mass is 10.1. The molecule has 1 heterocycles. The first-order chi connectivity index (χ1) is 11.9. The summed E-state index contributed by atoms with van der Waals surface area (Å²) < 4.78 is 10.1. The molecule has 0 spiro atoms. The molecule has 1 aromatic carbocycles. The van der Waals surface area contributed by atoms with Gasteiger partial charge in [0, 0.05) is 11.3 Å². The number of aryl methyl sites for hydroxylation is 2. The van der Waals surface area contributed by atoms with Gasteiger partial charge in [-0.05, 0) is 44.9 Å². The third-order valence-electron chi connectivity index (χ3n) is 3.90. The highest BCUT2D eigenvalue weighted by molar-refractivity contribution is 6.04. The monoisotopic (exact) mass is 343 g/mol. The van der Waals surface area contributed by atoms with Gasteiger partial charge in [0.2, 0.25) is 5.78 Å². The van der Waals surface area contributed by atoms with Crippen molar-refractivity contribution in [3.63, 3.8) is 0 Å². The van der Waals surface area contributed by atoms with E-state index in [0.29, 0.717) is 22.4 Å². The number of carbonyl (C=O) groups excluding carboxylic acids is 3. The Hall–Kier alpha value is -2.89. The van der Waals surface area contributed by atoms with Crippen LogP contribution in [-0.4, -0.2) is 35.9 Å². The molecule has 0 aliphatic carbocycles. The number of carbonyl (C=O) groups is 3. The zero-order chi connectivity index (χ0) is 18.6. The van der Waals surface area contributed by atoms with E-state index in [9.17, 15) is 14.4 Å². The molecule has 2 rings (SSSR count). The topological polar surface area (TPSA) is 85.5 Å². The fraction of sp³-hybridized carbons (Fsp3) is 0.316. The Morgan fingerprint density at radius 3 is 2.32 bits per heavy atom. The van der Waals surface area contributed by atoms with E-state index >= 15 is 0 Å². The minimum absolute atomic E-state index is 0.243. The van der Waals surface area contributed by atoms with Gasteiger partial charge in [-0.25, -0.2) is 9.59 Å². The molecular weight excluding hydrogens is 322 g/mol. The number of aromatic nitrogens is 1. The Morgan fingerprint density at radius 1 is 1.00 bits per heavy atom. The molecule has 0 radical (unpaired) electrons. The van der Waals surface area contributed by atoms with E-state index in [4.69, 9.17) is 9.47 Å². The van der Waals surface area contributed by atoms with Gasteiger partial charge in [-0.15, -0.1) is 0 Å². The van der Waals surface area contributed by atoms with Crippen molar-refractivity contribution in [2.75, 3.05) is 13.2 Å². The molecule has 0 saturated carbocycles. The fourth-order valence-corrected chi connectivity index (χ4v) is 2.66. The fourth-order valence-electron chi connectivity index (χ4n) is 2.66. The summed E-state index contributed by atoms with van der Waals surface area (Å²) in [6.45, 7) is 6.70. The molecule has 0 bridgehead atoms. The van der Waals surface area contributed by atoms with Crippen LogP contribution in [0.3, 0.4) is 0 Å². The maximum Gasteiger partial charge on any atom is 0.355 e. The SMILES string of the molecule is CCOC(=O)c1[nH]c(C)c(C(=O)COC(=O)c2ccccc2C)c1C. The van der Waals surface area contributed by atoms with Crippen LogP contribution in [-0.2, 0) is 9.47 Å². The lowest BCUT2D eigenvalue weighted by Gasteiger charge is -2.07. The van der Waals surface area contributed by atoms with E-state index in [1.54, 1.807) is 45.9 Å². The maximum atomic E-state index is 12.5. The Kier molecular flexibility index (Phi) is 5.75. The summed E-state index contributed by atoms with van der Waals surface area (Å²) in [6.07, 6.45) is 0. The van der Waals surface area contributed by atoms with E-state index in [2.05, 4.69) is 4.98 Å². The summed E-state index contributed by atoms with van der Waals surface area (Å²) >= 11 is 0. The van der Waals surface area contributed by atoms with E-state index in [1.165, 1.54) is 0 Å². The molecule has 6 nitrogen and oxygen atoms in total. The normalized spacial score (nSPS) is 10.4. The van der Waals surface area contributed by atoms with Crippen molar-refractivity contribution in [1.29, 1.82) is 0 Å². The van der Waals surface area contributed by atoms with Crippen LogP contribution in [0.25, 0.3) is 0 Å². The molecular formula is C19H21NO5. The number of ketones is 1. The Bertz CT molecular complexity index is 819. The average molecular weight is 343 g/mol. The number of esters is 2. The molecule has 0 atom stereocenters. The molecule has 25 heavy (non-hydrogen) atoms. The molecule has 2 aromatic rings. The number of H-pyrrole nitrogens is 1. The molecule has 1 aromatic heterocycles. The van der Waals surface area contributed by atoms with E-state index in [1.807, 2.05) is 6.07 Å². The molecule has 0 amide bonds. The molecule has 132 valence electrons. The number of aromatic amines is 1. The third-order valence-corrected chi connectivity index (χ3v) is 3.90. The number of hydrogen-bond donors (Lipinski definition) is 1. The van der Waals surface area contributed by atoms with Gasteiger partial charge < -0.3 is 14.5 Å². The average Bonchev–Trinajstić information content (AvgIpc) is 2.87. The Labute approximate surface area is 146 Å². The molecule has 0 aliphatic heterocycles. The Balaban J connectivity index is 2.13. The van der Waals surface area contributed by atoms with Crippen LogP contribution in [0.5, 0.6) is 0 Å². The number of rotatable bonds is 6. The first kappa shape index (κ1) is 18.4. The highest BCUT2D eigenvalue weighted by Crippen LogP contribution is 2.20. The first-order valence-electron chi connectivity index (χ1n) is 7.99. The van der Waals surface area contributed by atoms with Crippen LogP contribution in [0.1, 0.15) is 54.9 Å². The van der Waals surface area contributed by atoms with Crippen LogP contribution < -0.4 is 0 Å². The highest BCUT2D eigenvalue weighted by Gasteiger charge is 2.23. The molecule has 6 heteroatoms. The van der Waals surface area contributed by atoms with Crippen molar-refractivity contribution < 1.29 is 23.9 Å². The summed E-state index contributed by atoms with van der Waals surface area (Å²) in [4.78, 5) is 39.3. The van der Waals surface area contributed by atoms with Gasteiger partial charge in [0.25, 0.3) is 0 Å². The second-order valence-electron chi connectivity index (χ2n) is 5.66. The summed E-state index contributed by atoms with van der Waals surface area (Å²) in [5.41, 5.74) is 2.82. The largest absolute Gasteiger partial charge is 0.461 e.